The average Bonchev–Trinajstić information content (AvgIpc) is 2.90. The number of alkyl halides is 2. The molecule has 1 aliphatic heterocycles. The van der Waals surface area contributed by atoms with E-state index in [9.17, 15) is 23.5 Å². The Morgan fingerprint density at radius 2 is 1.68 bits per heavy atom. The maximum Gasteiger partial charge on any atom is 0.326 e. The van der Waals surface area contributed by atoms with Crippen LogP contribution in [0, 0.1) is 0 Å². The summed E-state index contributed by atoms with van der Waals surface area (Å²) in [5.74, 6) is -4.22. The third-order valence-electron chi connectivity index (χ3n) is 6.93. The molecule has 5 rings (SSSR count). The summed E-state index contributed by atoms with van der Waals surface area (Å²) in [5.41, 5.74) is 2.73. The zero-order valence-electron chi connectivity index (χ0n) is 20.4. The number of nitrogens with zero attached hydrogens (tertiary/aromatic N) is 1. The zero-order valence-corrected chi connectivity index (χ0v) is 21.1. The van der Waals surface area contributed by atoms with Crippen LogP contribution in [0.1, 0.15) is 41.2 Å². The maximum absolute atomic E-state index is 13.8. The summed E-state index contributed by atoms with van der Waals surface area (Å²) in [6, 6.07) is 20.2. The first-order valence-electron chi connectivity index (χ1n) is 12.3. The molecule has 1 heterocycles. The molecule has 2 unspecified atom stereocenters. The van der Waals surface area contributed by atoms with Crippen molar-refractivity contribution in [3.05, 3.63) is 100 Å². The van der Waals surface area contributed by atoms with Gasteiger partial charge in [0.1, 0.15) is 18.4 Å². The van der Waals surface area contributed by atoms with E-state index in [1.165, 1.54) is 4.90 Å². The summed E-state index contributed by atoms with van der Waals surface area (Å²) in [6.45, 7) is 0.227. The summed E-state index contributed by atoms with van der Waals surface area (Å²) in [5, 5.41) is 10.5. The second-order valence-electron chi connectivity index (χ2n) is 9.63. The number of rotatable bonds is 8. The van der Waals surface area contributed by atoms with Crippen LogP contribution in [0.4, 0.5) is 8.78 Å². The second-order valence-corrected chi connectivity index (χ2v) is 10.0. The van der Waals surface area contributed by atoms with Gasteiger partial charge in [-0.05, 0) is 22.8 Å². The predicted molar refractivity (Wildman–Crippen MR) is 136 cm³/mol. The maximum atomic E-state index is 13.8. The molecule has 2 aliphatic rings. The van der Waals surface area contributed by atoms with Gasteiger partial charge >= 0.3 is 5.97 Å². The van der Waals surface area contributed by atoms with Crippen molar-refractivity contribution < 1.29 is 33.0 Å². The van der Waals surface area contributed by atoms with E-state index < -0.39 is 48.9 Å². The third-order valence-corrected chi connectivity index (χ3v) is 7.22. The summed E-state index contributed by atoms with van der Waals surface area (Å²) in [7, 11) is 0. The molecule has 0 spiro atoms. The number of carbonyl (C=O) groups excluding carboxylic acids is 1. The molecule has 2 atom stereocenters. The molecule has 1 N–H and O–H groups in total. The minimum absolute atomic E-state index is 0.0164. The Balaban J connectivity index is 1.43. The molecule has 3 aromatic carbocycles. The lowest BCUT2D eigenvalue weighted by atomic mass is 9.90. The lowest BCUT2D eigenvalue weighted by Gasteiger charge is -2.40. The number of benzene rings is 3. The molecule has 9 heteroatoms. The highest BCUT2D eigenvalue weighted by Crippen LogP contribution is 2.43. The highest BCUT2D eigenvalue weighted by molar-refractivity contribution is 6.32. The van der Waals surface area contributed by atoms with E-state index >= 15 is 0 Å². The van der Waals surface area contributed by atoms with E-state index in [0.717, 1.165) is 5.56 Å². The number of amides is 1. The fraction of sp³-hybridized carbons (Fsp3) is 0.310. The van der Waals surface area contributed by atoms with Crippen LogP contribution in [-0.4, -0.2) is 40.0 Å². The van der Waals surface area contributed by atoms with Crippen LogP contribution in [0.3, 0.4) is 0 Å². The molecule has 1 amide bonds. The van der Waals surface area contributed by atoms with Crippen LogP contribution in [0.25, 0.3) is 0 Å². The average molecular weight is 542 g/mol. The van der Waals surface area contributed by atoms with Gasteiger partial charge in [-0.2, -0.15) is 0 Å². The van der Waals surface area contributed by atoms with Gasteiger partial charge in [0.25, 0.3) is 11.8 Å². The molecule has 6 nitrogen and oxygen atoms in total. The van der Waals surface area contributed by atoms with Gasteiger partial charge in [0.2, 0.25) is 0 Å². The van der Waals surface area contributed by atoms with E-state index in [1.807, 2.05) is 30.3 Å². The van der Waals surface area contributed by atoms with E-state index in [2.05, 4.69) is 0 Å². The van der Waals surface area contributed by atoms with Gasteiger partial charge < -0.3 is 19.5 Å². The van der Waals surface area contributed by atoms with Gasteiger partial charge in [0.15, 0.2) is 6.10 Å². The first-order chi connectivity index (χ1) is 18.2. The van der Waals surface area contributed by atoms with Crippen molar-refractivity contribution in [3.63, 3.8) is 0 Å². The van der Waals surface area contributed by atoms with Crippen molar-refractivity contribution in [1.82, 2.24) is 4.90 Å². The first kappa shape index (κ1) is 26.1. The van der Waals surface area contributed by atoms with Crippen LogP contribution in [0.15, 0.2) is 72.8 Å². The number of carboxylic acid groups (broad SMARTS) is 1. The van der Waals surface area contributed by atoms with Crippen LogP contribution in [0.5, 0.6) is 5.75 Å². The Hall–Kier alpha value is -3.49. The minimum Gasteiger partial charge on any atom is -0.487 e. The molecule has 38 heavy (non-hydrogen) atoms. The highest BCUT2D eigenvalue weighted by atomic mass is 35.5. The number of halogens is 3. The number of carbonyl (C=O) groups is 2. The van der Waals surface area contributed by atoms with Crippen molar-refractivity contribution in [2.75, 3.05) is 0 Å². The monoisotopic (exact) mass is 541 g/mol. The van der Waals surface area contributed by atoms with Crippen LogP contribution in [-0.2, 0) is 33.9 Å². The Labute approximate surface area is 223 Å². The molecular weight excluding hydrogens is 516 g/mol. The van der Waals surface area contributed by atoms with Crippen LogP contribution >= 0.6 is 11.6 Å². The quantitative estimate of drug-likeness (QED) is 0.389. The second kappa shape index (κ2) is 10.7. The summed E-state index contributed by atoms with van der Waals surface area (Å²) in [6.07, 6.45) is -2.98. The van der Waals surface area contributed by atoms with E-state index in [4.69, 9.17) is 21.1 Å². The van der Waals surface area contributed by atoms with Gasteiger partial charge in [-0.3, -0.25) is 4.79 Å². The minimum atomic E-state index is -2.82. The standard InChI is InChI=1S/C29H26ClF2NO5/c30-23-12-11-20-16-33(24(28(35)36)13-22(20)26(23)37-17-18-7-3-1-4-8-18)27(34)25(19-9-5-2-6-10-19)38-21-14-29(31,32)15-21/h1-12,21,24-25H,13-17H2,(H,35,36). The van der Waals surface area contributed by atoms with E-state index in [1.54, 1.807) is 42.5 Å². The van der Waals surface area contributed by atoms with Gasteiger partial charge in [-0.1, -0.05) is 78.3 Å². The Bertz CT molecular complexity index is 1310. The zero-order chi connectivity index (χ0) is 26.9. The summed E-state index contributed by atoms with van der Waals surface area (Å²) >= 11 is 6.45. The van der Waals surface area contributed by atoms with Gasteiger partial charge in [0, 0.05) is 31.4 Å². The highest BCUT2D eigenvalue weighted by Gasteiger charge is 2.49. The third kappa shape index (κ3) is 5.51. The first-order valence-corrected chi connectivity index (χ1v) is 12.7. The van der Waals surface area contributed by atoms with Crippen molar-refractivity contribution >= 4 is 23.5 Å². The Morgan fingerprint density at radius 1 is 1.03 bits per heavy atom. The number of carboxylic acids is 1. The fourth-order valence-electron chi connectivity index (χ4n) is 4.90. The van der Waals surface area contributed by atoms with E-state index in [0.29, 0.717) is 27.5 Å². The lowest BCUT2D eigenvalue weighted by molar-refractivity contribution is -0.193. The van der Waals surface area contributed by atoms with Crippen LogP contribution in [0.2, 0.25) is 5.02 Å². The normalized spacial score (nSPS) is 19.2. The molecule has 0 radical (unpaired) electrons. The largest absolute Gasteiger partial charge is 0.487 e. The molecule has 1 saturated carbocycles. The molecule has 1 aliphatic carbocycles. The number of aliphatic carboxylic acids is 1. The number of ether oxygens (including phenoxy) is 2. The summed E-state index contributed by atoms with van der Waals surface area (Å²) < 4.78 is 38.9. The Morgan fingerprint density at radius 3 is 2.32 bits per heavy atom. The summed E-state index contributed by atoms with van der Waals surface area (Å²) in [4.78, 5) is 27.4. The fourth-order valence-corrected chi connectivity index (χ4v) is 5.13. The topological polar surface area (TPSA) is 76.1 Å². The van der Waals surface area contributed by atoms with Gasteiger partial charge in [-0.15, -0.1) is 0 Å². The molecule has 198 valence electrons. The predicted octanol–water partition coefficient (Wildman–Crippen LogP) is 5.81. The molecular formula is C29H26ClF2NO5. The smallest absolute Gasteiger partial charge is 0.326 e. The van der Waals surface area contributed by atoms with Gasteiger partial charge in [-0.25, -0.2) is 13.6 Å². The van der Waals surface area contributed by atoms with Gasteiger partial charge in [0.05, 0.1) is 11.1 Å². The Kier molecular flexibility index (Phi) is 7.36. The SMILES string of the molecule is O=C(O)C1Cc2c(ccc(Cl)c2OCc2ccccc2)CN1C(=O)C(OC1CC(F)(F)C1)c1ccccc1. The molecule has 0 bridgehead atoms. The number of fused-ring (bicyclic) bond motifs is 1. The molecule has 1 fully saturated rings. The van der Waals surface area contributed by atoms with Crippen molar-refractivity contribution in [3.8, 4) is 5.75 Å². The van der Waals surface area contributed by atoms with Crippen molar-refractivity contribution in [2.24, 2.45) is 0 Å². The molecule has 0 aromatic heterocycles. The lowest BCUT2D eigenvalue weighted by Crippen LogP contribution is -2.51. The van der Waals surface area contributed by atoms with E-state index in [-0.39, 0.29) is 19.6 Å². The van der Waals surface area contributed by atoms with Crippen molar-refractivity contribution in [2.45, 2.75) is 56.6 Å². The van der Waals surface area contributed by atoms with Crippen molar-refractivity contribution in [1.29, 1.82) is 0 Å². The molecule has 3 aromatic rings. The number of hydrogen-bond acceptors (Lipinski definition) is 4. The van der Waals surface area contributed by atoms with Crippen LogP contribution < -0.4 is 4.74 Å². The molecule has 0 saturated heterocycles. The number of hydrogen-bond donors (Lipinski definition) is 1.